The molecule has 0 fully saturated rings. The van der Waals surface area contributed by atoms with Gasteiger partial charge in [0.1, 0.15) is 0 Å². The van der Waals surface area contributed by atoms with E-state index in [1.807, 2.05) is 43.3 Å². The summed E-state index contributed by atoms with van der Waals surface area (Å²) in [6.45, 7) is 3.63. The normalized spacial score (nSPS) is 9.29. The standard InChI is InChI=1S/C17H15NO.CH5N/c1-3-14-7-8-16(10-17(14)12(2)19)15-6-4-5-13(9-15)11-18;1-2/h4-10H,3H2,1-2H3;2H2,1H3. The number of nitrogens with two attached hydrogens (primary N) is 1. The van der Waals surface area contributed by atoms with Gasteiger partial charge in [-0.15, -0.1) is 0 Å². The van der Waals surface area contributed by atoms with E-state index in [2.05, 4.69) is 11.8 Å². The molecule has 0 aliphatic heterocycles. The number of hydrogen-bond acceptors (Lipinski definition) is 3. The van der Waals surface area contributed by atoms with Gasteiger partial charge in [0.2, 0.25) is 0 Å². The third-order valence-corrected chi connectivity index (χ3v) is 3.20. The molecule has 0 aliphatic carbocycles. The number of ketones is 1. The maximum atomic E-state index is 11.7. The second kappa shape index (κ2) is 7.98. The minimum atomic E-state index is 0.0788. The van der Waals surface area contributed by atoms with Crippen LogP contribution in [0.2, 0.25) is 0 Å². The lowest BCUT2D eigenvalue weighted by molar-refractivity contribution is 0.101. The molecule has 0 radical (unpaired) electrons. The van der Waals surface area contributed by atoms with Crippen LogP contribution in [0.4, 0.5) is 0 Å². The summed E-state index contributed by atoms with van der Waals surface area (Å²) in [5.41, 5.74) is 8.89. The summed E-state index contributed by atoms with van der Waals surface area (Å²) in [6.07, 6.45) is 0.841. The van der Waals surface area contributed by atoms with Crippen LogP contribution < -0.4 is 5.73 Å². The van der Waals surface area contributed by atoms with Gasteiger partial charge in [0.25, 0.3) is 0 Å². The van der Waals surface area contributed by atoms with E-state index < -0.39 is 0 Å². The minimum Gasteiger partial charge on any atom is -0.333 e. The van der Waals surface area contributed by atoms with Gasteiger partial charge in [0, 0.05) is 5.56 Å². The van der Waals surface area contributed by atoms with E-state index in [1.54, 1.807) is 13.0 Å². The number of Topliss-reactive ketones (excluding diaryl/α,β-unsaturated/α-hetero) is 1. The molecule has 0 spiro atoms. The molecule has 0 amide bonds. The number of nitriles is 1. The van der Waals surface area contributed by atoms with E-state index in [9.17, 15) is 4.79 Å². The van der Waals surface area contributed by atoms with Gasteiger partial charge < -0.3 is 5.73 Å². The maximum Gasteiger partial charge on any atom is 0.160 e. The Morgan fingerprint density at radius 2 is 1.81 bits per heavy atom. The summed E-state index contributed by atoms with van der Waals surface area (Å²) >= 11 is 0. The number of nitrogens with zero attached hydrogens (tertiary/aromatic N) is 1. The molecule has 0 aliphatic rings. The van der Waals surface area contributed by atoms with Crippen LogP contribution in [-0.2, 0) is 6.42 Å². The van der Waals surface area contributed by atoms with Crippen molar-refractivity contribution in [2.24, 2.45) is 5.73 Å². The van der Waals surface area contributed by atoms with Gasteiger partial charge >= 0.3 is 0 Å². The topological polar surface area (TPSA) is 66.9 Å². The highest BCUT2D eigenvalue weighted by Gasteiger charge is 2.08. The molecule has 0 heterocycles. The van der Waals surface area contributed by atoms with Gasteiger partial charge in [0.15, 0.2) is 5.78 Å². The van der Waals surface area contributed by atoms with Crippen molar-refractivity contribution in [2.45, 2.75) is 20.3 Å². The average molecular weight is 280 g/mol. The van der Waals surface area contributed by atoms with Crippen LogP contribution >= 0.6 is 0 Å². The van der Waals surface area contributed by atoms with Gasteiger partial charge in [-0.05, 0) is 55.3 Å². The highest BCUT2D eigenvalue weighted by Crippen LogP contribution is 2.24. The fourth-order valence-corrected chi connectivity index (χ4v) is 2.16. The Labute approximate surface area is 126 Å². The van der Waals surface area contributed by atoms with Crippen molar-refractivity contribution in [3.63, 3.8) is 0 Å². The molecule has 2 rings (SSSR count). The SMILES string of the molecule is CCc1ccc(-c2cccc(C#N)c2)cc1C(C)=O.CN. The zero-order valence-corrected chi connectivity index (χ0v) is 12.7. The summed E-state index contributed by atoms with van der Waals surface area (Å²) in [7, 11) is 1.50. The molecular formula is C18H20N2O. The van der Waals surface area contributed by atoms with Crippen molar-refractivity contribution in [2.75, 3.05) is 7.05 Å². The molecule has 3 nitrogen and oxygen atoms in total. The highest BCUT2D eigenvalue weighted by molar-refractivity contribution is 5.96. The zero-order valence-electron chi connectivity index (χ0n) is 12.7. The summed E-state index contributed by atoms with van der Waals surface area (Å²) in [5, 5.41) is 8.93. The Hall–Kier alpha value is -2.44. The van der Waals surface area contributed by atoms with Crippen LogP contribution in [-0.4, -0.2) is 12.8 Å². The molecule has 108 valence electrons. The van der Waals surface area contributed by atoms with E-state index >= 15 is 0 Å². The van der Waals surface area contributed by atoms with Crippen molar-refractivity contribution in [1.29, 1.82) is 5.26 Å². The van der Waals surface area contributed by atoms with Gasteiger partial charge in [-0.2, -0.15) is 5.26 Å². The second-order valence-electron chi connectivity index (χ2n) is 4.47. The van der Waals surface area contributed by atoms with E-state index in [1.165, 1.54) is 7.05 Å². The molecule has 0 atom stereocenters. The zero-order chi connectivity index (χ0) is 15.8. The second-order valence-corrected chi connectivity index (χ2v) is 4.47. The Kier molecular flexibility index (Phi) is 6.32. The monoisotopic (exact) mass is 280 g/mol. The summed E-state index contributed by atoms with van der Waals surface area (Å²) < 4.78 is 0. The predicted molar refractivity (Wildman–Crippen MR) is 86.1 cm³/mol. The molecule has 0 saturated heterocycles. The van der Waals surface area contributed by atoms with Crippen LogP contribution in [0.5, 0.6) is 0 Å². The van der Waals surface area contributed by atoms with Crippen LogP contribution in [0.15, 0.2) is 42.5 Å². The fraction of sp³-hybridized carbons (Fsp3) is 0.222. The lowest BCUT2D eigenvalue weighted by Crippen LogP contribution is -1.99. The molecule has 2 N–H and O–H groups in total. The number of rotatable bonds is 3. The first-order valence-corrected chi connectivity index (χ1v) is 6.88. The van der Waals surface area contributed by atoms with Crippen molar-refractivity contribution < 1.29 is 4.79 Å². The van der Waals surface area contributed by atoms with Crippen LogP contribution in [0, 0.1) is 11.3 Å². The molecule has 21 heavy (non-hydrogen) atoms. The fourth-order valence-electron chi connectivity index (χ4n) is 2.16. The van der Waals surface area contributed by atoms with Crippen molar-refractivity contribution in [1.82, 2.24) is 0 Å². The van der Waals surface area contributed by atoms with Crippen LogP contribution in [0.1, 0.15) is 35.3 Å². The number of hydrogen-bond donors (Lipinski definition) is 1. The van der Waals surface area contributed by atoms with Gasteiger partial charge in [-0.1, -0.05) is 31.2 Å². The third-order valence-electron chi connectivity index (χ3n) is 3.20. The molecule has 2 aromatic carbocycles. The molecule has 0 aromatic heterocycles. The molecule has 3 heteroatoms. The smallest absolute Gasteiger partial charge is 0.160 e. The first-order chi connectivity index (χ1) is 10.2. The van der Waals surface area contributed by atoms with Gasteiger partial charge in [0.05, 0.1) is 11.6 Å². The number of carbonyl (C=O) groups is 1. The quantitative estimate of drug-likeness (QED) is 0.874. The third kappa shape index (κ3) is 4.01. The minimum absolute atomic E-state index is 0.0788. The maximum absolute atomic E-state index is 11.7. The molecule has 0 unspecified atom stereocenters. The van der Waals surface area contributed by atoms with Crippen molar-refractivity contribution >= 4 is 5.78 Å². The number of benzene rings is 2. The Morgan fingerprint density at radius 3 is 2.38 bits per heavy atom. The Morgan fingerprint density at radius 1 is 1.14 bits per heavy atom. The van der Waals surface area contributed by atoms with Crippen molar-refractivity contribution in [3.05, 3.63) is 59.2 Å². The molecular weight excluding hydrogens is 260 g/mol. The van der Waals surface area contributed by atoms with Crippen molar-refractivity contribution in [3.8, 4) is 17.2 Å². The highest BCUT2D eigenvalue weighted by atomic mass is 16.1. The Balaban J connectivity index is 0.00000106. The van der Waals surface area contributed by atoms with E-state index in [-0.39, 0.29) is 5.78 Å². The van der Waals surface area contributed by atoms with Gasteiger partial charge in [-0.3, -0.25) is 4.79 Å². The van der Waals surface area contributed by atoms with E-state index in [0.717, 1.165) is 28.7 Å². The summed E-state index contributed by atoms with van der Waals surface area (Å²) in [4.78, 5) is 11.7. The largest absolute Gasteiger partial charge is 0.333 e. The molecule has 0 saturated carbocycles. The van der Waals surface area contributed by atoms with Crippen LogP contribution in [0.25, 0.3) is 11.1 Å². The summed E-state index contributed by atoms with van der Waals surface area (Å²) in [6, 6.07) is 15.5. The number of aryl methyl sites for hydroxylation is 1. The average Bonchev–Trinajstić information content (AvgIpc) is 2.56. The number of carbonyl (C=O) groups excluding carboxylic acids is 1. The van der Waals surface area contributed by atoms with Crippen LogP contribution in [0.3, 0.4) is 0 Å². The van der Waals surface area contributed by atoms with E-state index in [0.29, 0.717) is 5.56 Å². The first kappa shape index (κ1) is 16.6. The summed E-state index contributed by atoms with van der Waals surface area (Å²) in [5.74, 6) is 0.0788. The predicted octanol–water partition coefficient (Wildman–Crippen LogP) is 3.57. The lowest BCUT2D eigenvalue weighted by atomic mass is 9.95. The molecule has 2 aromatic rings. The lowest BCUT2D eigenvalue weighted by Gasteiger charge is -2.08. The first-order valence-electron chi connectivity index (χ1n) is 6.88. The Bertz CT molecular complexity index is 669. The van der Waals surface area contributed by atoms with Gasteiger partial charge in [-0.25, -0.2) is 0 Å². The van der Waals surface area contributed by atoms with E-state index in [4.69, 9.17) is 5.26 Å². The molecule has 0 bridgehead atoms.